The Morgan fingerprint density at radius 1 is 1.39 bits per heavy atom. The van der Waals surface area contributed by atoms with Crippen LogP contribution in [-0.2, 0) is 4.79 Å². The fraction of sp³-hybridized carbons (Fsp3) is 0.929. The normalized spacial score (nSPS) is 32.2. The lowest BCUT2D eigenvalue weighted by Gasteiger charge is -2.29. The summed E-state index contributed by atoms with van der Waals surface area (Å²) >= 11 is 0. The third-order valence-electron chi connectivity index (χ3n) is 4.38. The number of aliphatic hydroxyl groups excluding tert-OH is 1. The first kappa shape index (κ1) is 13.8. The van der Waals surface area contributed by atoms with Gasteiger partial charge in [0, 0.05) is 31.2 Å². The van der Waals surface area contributed by atoms with E-state index >= 15 is 0 Å². The molecule has 2 bridgehead atoms. The first-order valence-corrected chi connectivity index (χ1v) is 7.37. The van der Waals surface area contributed by atoms with E-state index in [2.05, 4.69) is 10.6 Å². The van der Waals surface area contributed by atoms with Gasteiger partial charge in [-0.15, -0.1) is 0 Å². The predicted molar refractivity (Wildman–Crippen MR) is 71.2 cm³/mol. The minimum atomic E-state index is 0.140. The molecular formula is C14H26N2O2. The van der Waals surface area contributed by atoms with Crippen molar-refractivity contribution in [3.05, 3.63) is 0 Å². The summed E-state index contributed by atoms with van der Waals surface area (Å²) in [5.74, 6) is 0.719. The van der Waals surface area contributed by atoms with Crippen LogP contribution in [0.4, 0.5) is 0 Å². The van der Waals surface area contributed by atoms with Gasteiger partial charge >= 0.3 is 0 Å². The van der Waals surface area contributed by atoms with Gasteiger partial charge in [0.25, 0.3) is 0 Å². The highest BCUT2D eigenvalue weighted by atomic mass is 16.3. The highest BCUT2D eigenvalue weighted by molar-refractivity contribution is 5.76. The van der Waals surface area contributed by atoms with E-state index in [1.807, 2.05) is 6.92 Å². The Hall–Kier alpha value is -0.610. The summed E-state index contributed by atoms with van der Waals surface area (Å²) in [6, 6.07) is 1.45. The van der Waals surface area contributed by atoms with Gasteiger partial charge in [-0.2, -0.15) is 0 Å². The van der Waals surface area contributed by atoms with Crippen LogP contribution in [0.5, 0.6) is 0 Å². The van der Waals surface area contributed by atoms with Gasteiger partial charge in [0.1, 0.15) is 0 Å². The van der Waals surface area contributed by atoms with Gasteiger partial charge in [-0.3, -0.25) is 4.79 Å². The Balaban J connectivity index is 1.73. The number of piperidine rings is 1. The van der Waals surface area contributed by atoms with Crippen molar-refractivity contribution in [2.75, 3.05) is 6.61 Å². The molecule has 0 spiro atoms. The van der Waals surface area contributed by atoms with Crippen LogP contribution >= 0.6 is 0 Å². The standard InChI is InChI=1S/C14H26N2O2/c1-2-11(5-6-17)16-14(18)9-10-7-12-3-4-13(8-10)15-12/h10-13,15,17H,2-9H2,1H3,(H,16,18). The van der Waals surface area contributed by atoms with Crippen molar-refractivity contribution in [3.63, 3.8) is 0 Å². The second-order valence-electron chi connectivity index (χ2n) is 5.86. The van der Waals surface area contributed by atoms with Crippen molar-refractivity contribution in [1.29, 1.82) is 0 Å². The monoisotopic (exact) mass is 254 g/mol. The Bertz CT molecular complexity index is 271. The molecule has 3 atom stereocenters. The van der Waals surface area contributed by atoms with Gasteiger partial charge in [0.05, 0.1) is 0 Å². The van der Waals surface area contributed by atoms with E-state index in [-0.39, 0.29) is 18.6 Å². The summed E-state index contributed by atoms with van der Waals surface area (Å²) in [6.45, 7) is 2.20. The first-order valence-electron chi connectivity index (χ1n) is 7.37. The minimum absolute atomic E-state index is 0.140. The summed E-state index contributed by atoms with van der Waals surface area (Å²) in [7, 11) is 0. The number of carbonyl (C=O) groups excluding carboxylic acids is 1. The zero-order valence-electron chi connectivity index (χ0n) is 11.3. The molecule has 0 aliphatic carbocycles. The molecule has 18 heavy (non-hydrogen) atoms. The molecule has 0 aromatic heterocycles. The second-order valence-corrected chi connectivity index (χ2v) is 5.86. The van der Waals surface area contributed by atoms with E-state index in [1.54, 1.807) is 0 Å². The molecule has 2 rings (SSSR count). The Morgan fingerprint density at radius 2 is 2.06 bits per heavy atom. The van der Waals surface area contributed by atoms with Crippen LogP contribution < -0.4 is 10.6 Å². The smallest absolute Gasteiger partial charge is 0.220 e. The van der Waals surface area contributed by atoms with Gasteiger partial charge in [-0.05, 0) is 44.4 Å². The van der Waals surface area contributed by atoms with Crippen LogP contribution in [0.25, 0.3) is 0 Å². The number of hydrogen-bond donors (Lipinski definition) is 3. The van der Waals surface area contributed by atoms with Crippen LogP contribution in [0.2, 0.25) is 0 Å². The molecule has 0 radical (unpaired) electrons. The van der Waals surface area contributed by atoms with Gasteiger partial charge in [0.2, 0.25) is 5.91 Å². The van der Waals surface area contributed by atoms with Gasteiger partial charge in [-0.1, -0.05) is 6.92 Å². The fourth-order valence-electron chi connectivity index (χ4n) is 3.42. The van der Waals surface area contributed by atoms with Crippen LogP contribution in [0.15, 0.2) is 0 Å². The molecule has 0 aromatic carbocycles. The van der Waals surface area contributed by atoms with Crippen LogP contribution in [0.3, 0.4) is 0 Å². The third-order valence-corrected chi connectivity index (χ3v) is 4.38. The number of hydrogen-bond acceptors (Lipinski definition) is 3. The van der Waals surface area contributed by atoms with E-state index in [0.717, 1.165) is 19.3 Å². The van der Waals surface area contributed by atoms with E-state index in [9.17, 15) is 4.79 Å². The molecule has 1 amide bonds. The Labute approximate surface area is 110 Å². The molecule has 0 saturated carbocycles. The highest BCUT2D eigenvalue weighted by Gasteiger charge is 2.34. The summed E-state index contributed by atoms with van der Waals surface area (Å²) < 4.78 is 0. The van der Waals surface area contributed by atoms with Crippen molar-refractivity contribution in [3.8, 4) is 0 Å². The van der Waals surface area contributed by atoms with Gasteiger partial charge < -0.3 is 15.7 Å². The van der Waals surface area contributed by atoms with Gasteiger partial charge in [-0.25, -0.2) is 0 Å². The molecule has 4 heteroatoms. The number of amides is 1. The summed E-state index contributed by atoms with van der Waals surface area (Å²) in [5, 5.41) is 15.6. The summed E-state index contributed by atoms with van der Waals surface area (Å²) in [4.78, 5) is 12.0. The SMILES string of the molecule is CCC(CCO)NC(=O)CC1CC2CCC(C1)N2. The largest absolute Gasteiger partial charge is 0.396 e. The maximum atomic E-state index is 12.0. The molecular weight excluding hydrogens is 228 g/mol. The van der Waals surface area contributed by atoms with E-state index in [4.69, 9.17) is 5.11 Å². The maximum Gasteiger partial charge on any atom is 0.220 e. The average molecular weight is 254 g/mol. The number of carbonyl (C=O) groups is 1. The topological polar surface area (TPSA) is 61.4 Å². The third kappa shape index (κ3) is 3.69. The first-order chi connectivity index (χ1) is 8.71. The van der Waals surface area contributed by atoms with E-state index in [1.165, 1.54) is 12.8 Å². The number of aliphatic hydroxyl groups is 1. The maximum absolute atomic E-state index is 12.0. The van der Waals surface area contributed by atoms with Crippen molar-refractivity contribution >= 4 is 5.91 Å². The predicted octanol–water partition coefficient (Wildman–Crippen LogP) is 1.18. The van der Waals surface area contributed by atoms with Crippen molar-refractivity contribution < 1.29 is 9.90 Å². The zero-order chi connectivity index (χ0) is 13.0. The van der Waals surface area contributed by atoms with Crippen molar-refractivity contribution in [1.82, 2.24) is 10.6 Å². The molecule has 2 heterocycles. The minimum Gasteiger partial charge on any atom is -0.396 e. The summed E-state index contributed by atoms with van der Waals surface area (Å²) in [5.41, 5.74) is 0. The highest BCUT2D eigenvalue weighted by Crippen LogP contribution is 2.32. The number of nitrogens with one attached hydrogen (secondary N) is 2. The second kappa shape index (κ2) is 6.53. The van der Waals surface area contributed by atoms with E-state index in [0.29, 0.717) is 30.8 Å². The van der Waals surface area contributed by atoms with Crippen LogP contribution in [0.1, 0.15) is 51.9 Å². The molecule has 4 nitrogen and oxygen atoms in total. The zero-order valence-corrected chi connectivity index (χ0v) is 11.3. The van der Waals surface area contributed by atoms with E-state index < -0.39 is 0 Å². The molecule has 3 N–H and O–H groups in total. The van der Waals surface area contributed by atoms with Crippen LogP contribution in [0, 0.1) is 5.92 Å². The molecule has 2 aliphatic rings. The number of rotatable bonds is 6. The van der Waals surface area contributed by atoms with Crippen molar-refractivity contribution in [2.24, 2.45) is 5.92 Å². The van der Waals surface area contributed by atoms with Gasteiger partial charge in [0.15, 0.2) is 0 Å². The Morgan fingerprint density at radius 3 is 2.61 bits per heavy atom. The molecule has 104 valence electrons. The molecule has 3 unspecified atom stereocenters. The lowest BCUT2D eigenvalue weighted by molar-refractivity contribution is -0.123. The Kier molecular flexibility index (Phi) is 5.01. The quantitative estimate of drug-likeness (QED) is 0.667. The summed E-state index contributed by atoms with van der Waals surface area (Å²) in [6.07, 6.45) is 7.09. The van der Waals surface area contributed by atoms with Crippen molar-refractivity contribution in [2.45, 2.75) is 70.0 Å². The molecule has 0 aromatic rings. The lowest BCUT2D eigenvalue weighted by Crippen LogP contribution is -2.41. The fourth-order valence-corrected chi connectivity index (χ4v) is 3.42. The van der Waals surface area contributed by atoms with Crippen LogP contribution in [-0.4, -0.2) is 35.7 Å². The molecule has 2 saturated heterocycles. The average Bonchev–Trinajstić information content (AvgIpc) is 2.68. The molecule has 2 fully saturated rings. The molecule has 2 aliphatic heterocycles. The number of fused-ring (bicyclic) bond motifs is 2. The lowest BCUT2D eigenvalue weighted by atomic mass is 9.89.